The Kier molecular flexibility index (Phi) is 5.56. The standard InChI is InChI=1S/C21H24N2O3/c1-15-5-4-6-16(11-15)12-18(21(25)26)13-22-20(24)14-23-10-9-17-7-2-3-8-19(17)23/h2-8,11,18H,9-10,12-14H2,1H3,(H,22,24)(H,25,26). The van der Waals surface area contributed by atoms with Crippen molar-refractivity contribution in [1.29, 1.82) is 0 Å². The number of amides is 1. The van der Waals surface area contributed by atoms with Crippen molar-refractivity contribution >= 4 is 17.6 Å². The Morgan fingerprint density at radius 2 is 2.00 bits per heavy atom. The highest BCUT2D eigenvalue weighted by molar-refractivity contribution is 5.83. The van der Waals surface area contributed by atoms with Gasteiger partial charge in [-0.1, -0.05) is 48.0 Å². The van der Waals surface area contributed by atoms with E-state index in [1.54, 1.807) is 0 Å². The number of anilines is 1. The van der Waals surface area contributed by atoms with E-state index in [2.05, 4.69) is 11.4 Å². The molecule has 1 aliphatic rings. The van der Waals surface area contributed by atoms with Crippen LogP contribution in [0.2, 0.25) is 0 Å². The van der Waals surface area contributed by atoms with E-state index in [9.17, 15) is 14.7 Å². The Hall–Kier alpha value is -2.82. The van der Waals surface area contributed by atoms with Gasteiger partial charge in [0.15, 0.2) is 0 Å². The normalized spacial score (nSPS) is 14.0. The maximum atomic E-state index is 12.3. The van der Waals surface area contributed by atoms with Crippen molar-refractivity contribution in [3.8, 4) is 0 Å². The van der Waals surface area contributed by atoms with Crippen LogP contribution in [0.15, 0.2) is 48.5 Å². The minimum atomic E-state index is -0.890. The molecule has 1 heterocycles. The molecule has 26 heavy (non-hydrogen) atoms. The van der Waals surface area contributed by atoms with Gasteiger partial charge in [-0.25, -0.2) is 0 Å². The summed E-state index contributed by atoms with van der Waals surface area (Å²) in [5, 5.41) is 12.3. The van der Waals surface area contributed by atoms with Gasteiger partial charge in [0.05, 0.1) is 12.5 Å². The van der Waals surface area contributed by atoms with Crippen molar-refractivity contribution in [1.82, 2.24) is 5.32 Å². The van der Waals surface area contributed by atoms with Gasteiger partial charge >= 0.3 is 5.97 Å². The Balaban J connectivity index is 1.54. The highest BCUT2D eigenvalue weighted by Crippen LogP contribution is 2.26. The summed E-state index contributed by atoms with van der Waals surface area (Å²) >= 11 is 0. The monoisotopic (exact) mass is 352 g/mol. The van der Waals surface area contributed by atoms with E-state index >= 15 is 0 Å². The number of aliphatic carboxylic acids is 1. The predicted molar refractivity (Wildman–Crippen MR) is 101 cm³/mol. The lowest BCUT2D eigenvalue weighted by atomic mass is 9.98. The number of fused-ring (bicyclic) bond motifs is 1. The summed E-state index contributed by atoms with van der Waals surface area (Å²) in [4.78, 5) is 25.9. The number of aryl methyl sites for hydroxylation is 1. The van der Waals surface area contributed by atoms with Gasteiger partial charge in [-0.05, 0) is 37.0 Å². The number of nitrogens with zero attached hydrogens (tertiary/aromatic N) is 1. The topological polar surface area (TPSA) is 69.6 Å². The molecule has 1 amide bonds. The number of carbonyl (C=O) groups excluding carboxylic acids is 1. The van der Waals surface area contributed by atoms with Gasteiger partial charge in [-0.15, -0.1) is 0 Å². The fourth-order valence-corrected chi connectivity index (χ4v) is 3.41. The number of carboxylic acids is 1. The second-order valence-electron chi connectivity index (χ2n) is 6.83. The average Bonchev–Trinajstić information content (AvgIpc) is 3.01. The maximum absolute atomic E-state index is 12.3. The van der Waals surface area contributed by atoms with Crippen LogP contribution in [0, 0.1) is 12.8 Å². The van der Waals surface area contributed by atoms with Gasteiger partial charge in [0.25, 0.3) is 0 Å². The zero-order valence-corrected chi connectivity index (χ0v) is 14.9. The molecule has 0 aliphatic carbocycles. The average molecular weight is 352 g/mol. The summed E-state index contributed by atoms with van der Waals surface area (Å²) < 4.78 is 0. The molecule has 0 spiro atoms. The van der Waals surface area contributed by atoms with Gasteiger partial charge in [-0.2, -0.15) is 0 Å². The zero-order chi connectivity index (χ0) is 18.5. The fourth-order valence-electron chi connectivity index (χ4n) is 3.41. The van der Waals surface area contributed by atoms with Gasteiger partial charge in [0, 0.05) is 18.8 Å². The molecule has 0 aromatic heterocycles. The summed E-state index contributed by atoms with van der Waals surface area (Å²) in [6, 6.07) is 15.9. The molecule has 136 valence electrons. The van der Waals surface area contributed by atoms with Crippen molar-refractivity contribution in [2.75, 3.05) is 24.5 Å². The lowest BCUT2D eigenvalue weighted by Gasteiger charge is -2.20. The van der Waals surface area contributed by atoms with Crippen molar-refractivity contribution in [2.45, 2.75) is 19.8 Å². The van der Waals surface area contributed by atoms with E-state index in [4.69, 9.17) is 0 Å². The molecule has 0 saturated carbocycles. The number of carbonyl (C=O) groups is 2. The number of rotatable bonds is 7. The Labute approximate surface area is 153 Å². The molecule has 2 N–H and O–H groups in total. The summed E-state index contributed by atoms with van der Waals surface area (Å²) in [6.07, 6.45) is 1.35. The van der Waals surface area contributed by atoms with Crippen LogP contribution in [-0.4, -0.2) is 36.6 Å². The molecule has 2 aromatic rings. The van der Waals surface area contributed by atoms with Crippen molar-refractivity contribution in [2.24, 2.45) is 5.92 Å². The number of para-hydroxylation sites is 1. The largest absolute Gasteiger partial charge is 0.481 e. The minimum Gasteiger partial charge on any atom is -0.481 e. The molecule has 2 aromatic carbocycles. The number of nitrogens with one attached hydrogen (secondary N) is 1. The predicted octanol–water partition coefficient (Wildman–Crippen LogP) is 2.42. The quantitative estimate of drug-likeness (QED) is 0.803. The van der Waals surface area contributed by atoms with Crippen LogP contribution in [0.25, 0.3) is 0 Å². The molecule has 0 fully saturated rings. The molecule has 3 rings (SSSR count). The number of hydrogen-bond donors (Lipinski definition) is 2. The van der Waals surface area contributed by atoms with E-state index < -0.39 is 11.9 Å². The van der Waals surface area contributed by atoms with Gasteiger partial charge < -0.3 is 15.3 Å². The van der Waals surface area contributed by atoms with Gasteiger partial charge in [0.1, 0.15) is 0 Å². The Bertz CT molecular complexity index is 803. The van der Waals surface area contributed by atoms with Crippen LogP contribution < -0.4 is 10.2 Å². The molecule has 1 atom stereocenters. The highest BCUT2D eigenvalue weighted by Gasteiger charge is 2.22. The van der Waals surface area contributed by atoms with Crippen LogP contribution in [-0.2, 0) is 22.4 Å². The minimum absolute atomic E-state index is 0.137. The zero-order valence-electron chi connectivity index (χ0n) is 14.9. The number of benzene rings is 2. The first-order chi connectivity index (χ1) is 12.5. The molecular weight excluding hydrogens is 328 g/mol. The summed E-state index contributed by atoms with van der Waals surface area (Å²) in [5.74, 6) is -1.66. The fraction of sp³-hybridized carbons (Fsp3) is 0.333. The molecular formula is C21H24N2O3. The third-order valence-corrected chi connectivity index (χ3v) is 4.78. The van der Waals surface area contributed by atoms with E-state index in [1.165, 1.54) is 5.56 Å². The van der Waals surface area contributed by atoms with Crippen LogP contribution in [0.4, 0.5) is 5.69 Å². The second kappa shape index (κ2) is 8.04. The van der Waals surface area contributed by atoms with Crippen molar-refractivity contribution < 1.29 is 14.7 Å². The molecule has 1 aliphatic heterocycles. The van der Waals surface area contributed by atoms with E-state index in [0.29, 0.717) is 6.42 Å². The van der Waals surface area contributed by atoms with Crippen LogP contribution in [0.3, 0.4) is 0 Å². The first kappa shape index (κ1) is 18.0. The Morgan fingerprint density at radius 1 is 1.19 bits per heavy atom. The van der Waals surface area contributed by atoms with Crippen LogP contribution in [0.1, 0.15) is 16.7 Å². The van der Waals surface area contributed by atoms with E-state index in [0.717, 1.165) is 29.8 Å². The highest BCUT2D eigenvalue weighted by atomic mass is 16.4. The van der Waals surface area contributed by atoms with Crippen molar-refractivity contribution in [3.05, 3.63) is 65.2 Å². The van der Waals surface area contributed by atoms with Crippen LogP contribution >= 0.6 is 0 Å². The number of hydrogen-bond acceptors (Lipinski definition) is 3. The van der Waals surface area contributed by atoms with Gasteiger partial charge in [0.2, 0.25) is 5.91 Å². The third-order valence-electron chi connectivity index (χ3n) is 4.78. The maximum Gasteiger partial charge on any atom is 0.308 e. The molecule has 0 radical (unpaired) electrons. The molecule has 1 unspecified atom stereocenters. The van der Waals surface area contributed by atoms with Crippen LogP contribution in [0.5, 0.6) is 0 Å². The van der Waals surface area contributed by atoms with E-state index in [1.807, 2.05) is 54.3 Å². The summed E-state index contributed by atoms with van der Waals surface area (Å²) in [7, 11) is 0. The van der Waals surface area contributed by atoms with Gasteiger partial charge in [-0.3, -0.25) is 9.59 Å². The first-order valence-electron chi connectivity index (χ1n) is 8.91. The SMILES string of the molecule is Cc1cccc(CC(CNC(=O)CN2CCc3ccccc32)C(=O)O)c1. The summed E-state index contributed by atoms with van der Waals surface area (Å²) in [6.45, 7) is 3.19. The lowest BCUT2D eigenvalue weighted by Crippen LogP contribution is -2.40. The molecule has 5 nitrogen and oxygen atoms in total. The third kappa shape index (κ3) is 4.42. The lowest BCUT2D eigenvalue weighted by molar-refractivity contribution is -0.141. The molecule has 0 saturated heterocycles. The Morgan fingerprint density at radius 3 is 2.77 bits per heavy atom. The summed E-state index contributed by atoms with van der Waals surface area (Å²) in [5.41, 5.74) is 4.42. The smallest absolute Gasteiger partial charge is 0.308 e. The molecule has 5 heteroatoms. The van der Waals surface area contributed by atoms with Crippen molar-refractivity contribution in [3.63, 3.8) is 0 Å². The number of carboxylic acid groups (broad SMARTS) is 1. The van der Waals surface area contributed by atoms with E-state index in [-0.39, 0.29) is 19.0 Å². The second-order valence-corrected chi connectivity index (χ2v) is 6.83. The molecule has 0 bridgehead atoms. The first-order valence-corrected chi connectivity index (χ1v) is 8.91.